The molecule has 1 heterocycles. The van der Waals surface area contributed by atoms with Gasteiger partial charge in [-0.1, -0.05) is 6.07 Å². The number of nitrogens with one attached hydrogen (secondary N) is 1. The fourth-order valence-electron chi connectivity index (χ4n) is 1.56. The second-order valence-corrected chi connectivity index (χ2v) is 5.27. The van der Waals surface area contributed by atoms with Gasteiger partial charge in [0.1, 0.15) is 17.4 Å². The van der Waals surface area contributed by atoms with Crippen molar-refractivity contribution in [3.63, 3.8) is 0 Å². The van der Waals surface area contributed by atoms with Crippen LogP contribution >= 0.6 is 0 Å². The van der Waals surface area contributed by atoms with E-state index in [2.05, 4.69) is 10.3 Å². The summed E-state index contributed by atoms with van der Waals surface area (Å²) in [5, 5.41) is 2.81. The Bertz CT molecular complexity index is 634. The van der Waals surface area contributed by atoms with E-state index in [4.69, 9.17) is 4.74 Å². The molecule has 0 fully saturated rings. The number of carbonyl (C=O) groups is 1. The molecule has 0 aliphatic heterocycles. The first-order valence-electron chi connectivity index (χ1n) is 7.77. The lowest BCUT2D eigenvalue weighted by Gasteiger charge is -2.07. The normalized spacial score (nSPS) is 14.1. The Morgan fingerprint density at radius 3 is 2.24 bits per heavy atom. The van der Waals surface area contributed by atoms with Gasteiger partial charge in [-0.2, -0.15) is 0 Å². The molecule has 0 aromatic carbocycles. The highest BCUT2D eigenvalue weighted by Gasteiger charge is 2.07. The number of likely N-dealkylation sites (N-methyl/N-ethyl adjacent to an activating group) is 1. The molecule has 0 amide bonds. The summed E-state index contributed by atoms with van der Waals surface area (Å²) in [4.78, 5) is 14.4. The average Bonchev–Trinajstić information content (AvgIpc) is 2.58. The summed E-state index contributed by atoms with van der Waals surface area (Å²) in [5.74, 6) is -0.595. The van der Waals surface area contributed by atoms with Gasteiger partial charge in [0.25, 0.3) is 0 Å². The molecule has 1 atom stereocenters. The highest BCUT2D eigenvalue weighted by atomic mass is 19.1. The summed E-state index contributed by atoms with van der Waals surface area (Å²) in [6, 6.07) is 5.29. The summed E-state index contributed by atoms with van der Waals surface area (Å²) in [7, 11) is 3.26. The number of hydrogen-bond donors (Lipinski definition) is 1. The van der Waals surface area contributed by atoms with Crippen molar-refractivity contribution in [2.45, 2.75) is 33.7 Å². The van der Waals surface area contributed by atoms with Gasteiger partial charge in [-0.25, -0.2) is 8.78 Å². The van der Waals surface area contributed by atoms with E-state index in [-0.39, 0.29) is 11.8 Å². The highest BCUT2D eigenvalue weighted by molar-refractivity contribution is 5.80. The molecule has 0 bridgehead atoms. The van der Waals surface area contributed by atoms with Gasteiger partial charge in [0.2, 0.25) is 0 Å². The van der Waals surface area contributed by atoms with Crippen LogP contribution in [0.25, 0.3) is 5.57 Å². The number of halogens is 2. The summed E-state index contributed by atoms with van der Waals surface area (Å²) in [6.07, 6.45) is 3.61. The van der Waals surface area contributed by atoms with Crippen molar-refractivity contribution in [3.05, 3.63) is 59.7 Å². The van der Waals surface area contributed by atoms with Gasteiger partial charge in [0.15, 0.2) is 0 Å². The lowest BCUT2D eigenvalue weighted by Crippen LogP contribution is -2.28. The Hall–Kier alpha value is -2.34. The lowest BCUT2D eigenvalue weighted by molar-refractivity contribution is -0.118. The minimum Gasteiger partial charge on any atom is -0.501 e. The number of ketones is 1. The van der Waals surface area contributed by atoms with Crippen molar-refractivity contribution < 1.29 is 18.3 Å². The molecule has 4 nitrogen and oxygen atoms in total. The number of ether oxygens (including phenoxy) is 1. The van der Waals surface area contributed by atoms with E-state index in [1.807, 2.05) is 6.92 Å². The molecule has 1 rings (SSSR count). The van der Waals surface area contributed by atoms with Crippen LogP contribution in [0, 0.1) is 0 Å². The van der Waals surface area contributed by atoms with Crippen LogP contribution in [0.5, 0.6) is 0 Å². The first-order chi connectivity index (χ1) is 11.7. The minimum atomic E-state index is -0.688. The predicted octanol–water partition coefficient (Wildman–Crippen LogP) is 4.37. The Morgan fingerprint density at radius 2 is 1.88 bits per heavy atom. The van der Waals surface area contributed by atoms with Crippen molar-refractivity contribution in [2.24, 2.45) is 0 Å². The molecule has 6 heteroatoms. The zero-order valence-electron chi connectivity index (χ0n) is 15.6. The number of hydrogen-bond acceptors (Lipinski definition) is 4. The molecule has 0 unspecified atom stereocenters. The number of carbonyl (C=O) groups excluding carboxylic acids is 1. The average molecular weight is 352 g/mol. The van der Waals surface area contributed by atoms with Crippen molar-refractivity contribution in [3.8, 4) is 0 Å². The van der Waals surface area contributed by atoms with E-state index in [1.54, 1.807) is 45.3 Å². The van der Waals surface area contributed by atoms with Crippen molar-refractivity contribution in [1.29, 1.82) is 0 Å². The number of rotatable bonds is 6. The van der Waals surface area contributed by atoms with Gasteiger partial charge in [-0.15, -0.1) is 0 Å². The molecule has 138 valence electrons. The molecule has 0 saturated heterocycles. The topological polar surface area (TPSA) is 51.2 Å². The van der Waals surface area contributed by atoms with Crippen LogP contribution in [0.2, 0.25) is 0 Å². The SMILES string of the molecule is CN[C@@H](C)C(C)=O.CO/C(C)=C(/C=C(F)\C=C(/C)F)c1ccccn1. The van der Waals surface area contributed by atoms with E-state index < -0.39 is 11.7 Å². The summed E-state index contributed by atoms with van der Waals surface area (Å²) in [6.45, 7) is 6.28. The predicted molar refractivity (Wildman–Crippen MR) is 97.1 cm³/mol. The fraction of sp³-hybridized carbons (Fsp3) is 0.368. The number of allylic oxidation sites excluding steroid dienone is 6. The molecule has 1 N–H and O–H groups in total. The third kappa shape index (κ3) is 9.52. The Balaban J connectivity index is 0.000000697. The molecule has 0 spiro atoms. The second kappa shape index (κ2) is 12.1. The Morgan fingerprint density at radius 1 is 1.24 bits per heavy atom. The smallest absolute Gasteiger partial charge is 0.146 e. The van der Waals surface area contributed by atoms with Gasteiger partial charge in [-0.05, 0) is 53.0 Å². The van der Waals surface area contributed by atoms with Crippen LogP contribution in [-0.2, 0) is 9.53 Å². The van der Waals surface area contributed by atoms with Gasteiger partial charge in [0.05, 0.1) is 24.7 Å². The number of nitrogens with zero attached hydrogens (tertiary/aromatic N) is 1. The molecule has 25 heavy (non-hydrogen) atoms. The second-order valence-electron chi connectivity index (χ2n) is 5.27. The molecule has 1 aromatic rings. The molecular formula is C19H26F2N2O2. The van der Waals surface area contributed by atoms with Crippen LogP contribution in [0.4, 0.5) is 8.78 Å². The van der Waals surface area contributed by atoms with Gasteiger partial charge >= 0.3 is 0 Å². The molecule has 0 radical (unpaired) electrons. The summed E-state index contributed by atoms with van der Waals surface area (Å²) in [5.41, 5.74) is 1.05. The number of methoxy groups -OCH3 is 1. The standard InChI is InChI=1S/C14H15F2NO.C5H11NO/c1-10(15)8-12(16)9-13(11(2)18-3)14-6-4-5-7-17-14;1-4(6-3)5(2)7/h4-9H,1-3H3;4,6H,1-3H3/b10-8+,12-9+,13-11-;/t;4-/m.0/s1. The van der Waals surface area contributed by atoms with E-state index in [0.29, 0.717) is 17.0 Å². The van der Waals surface area contributed by atoms with Crippen LogP contribution in [0.1, 0.15) is 33.4 Å². The minimum absolute atomic E-state index is 0.0139. The maximum Gasteiger partial charge on any atom is 0.146 e. The monoisotopic (exact) mass is 352 g/mol. The first kappa shape index (κ1) is 22.7. The molecular weight excluding hydrogens is 326 g/mol. The van der Waals surface area contributed by atoms with Crippen LogP contribution in [0.15, 0.2) is 54.0 Å². The van der Waals surface area contributed by atoms with Crippen molar-refractivity contribution in [1.82, 2.24) is 10.3 Å². The van der Waals surface area contributed by atoms with Crippen LogP contribution in [0.3, 0.4) is 0 Å². The van der Waals surface area contributed by atoms with Gasteiger partial charge in [0, 0.05) is 17.8 Å². The number of pyridine rings is 1. The van der Waals surface area contributed by atoms with Crippen molar-refractivity contribution >= 4 is 11.4 Å². The van der Waals surface area contributed by atoms with Gasteiger partial charge < -0.3 is 10.1 Å². The maximum atomic E-state index is 13.5. The van der Waals surface area contributed by atoms with E-state index >= 15 is 0 Å². The first-order valence-corrected chi connectivity index (χ1v) is 7.77. The summed E-state index contributed by atoms with van der Waals surface area (Å²) >= 11 is 0. The van der Waals surface area contributed by atoms with E-state index in [1.165, 1.54) is 20.1 Å². The highest BCUT2D eigenvalue weighted by Crippen LogP contribution is 2.21. The molecule has 0 aliphatic carbocycles. The Labute approximate surface area is 148 Å². The van der Waals surface area contributed by atoms with Crippen LogP contribution in [-0.4, -0.2) is 31.0 Å². The fourth-order valence-corrected chi connectivity index (χ4v) is 1.56. The summed E-state index contributed by atoms with van der Waals surface area (Å²) < 4.78 is 31.2. The van der Waals surface area contributed by atoms with Crippen molar-refractivity contribution in [2.75, 3.05) is 14.2 Å². The number of Topliss-reactive ketones (excluding diaryl/α,β-unsaturated/α-hetero) is 1. The number of aromatic nitrogens is 1. The maximum absolute atomic E-state index is 13.5. The van der Waals surface area contributed by atoms with Crippen LogP contribution < -0.4 is 5.32 Å². The zero-order valence-corrected chi connectivity index (χ0v) is 15.6. The zero-order chi connectivity index (χ0) is 19.4. The third-order valence-corrected chi connectivity index (χ3v) is 3.29. The quantitative estimate of drug-likeness (QED) is 0.610. The largest absolute Gasteiger partial charge is 0.501 e. The van der Waals surface area contributed by atoms with Gasteiger partial charge in [-0.3, -0.25) is 9.78 Å². The van der Waals surface area contributed by atoms with E-state index in [0.717, 1.165) is 6.08 Å². The van der Waals surface area contributed by atoms with E-state index in [9.17, 15) is 13.6 Å². The third-order valence-electron chi connectivity index (χ3n) is 3.29. The molecule has 0 saturated carbocycles. The molecule has 1 aromatic heterocycles. The molecule has 0 aliphatic rings. The Kier molecular flexibility index (Phi) is 11.0. The lowest BCUT2D eigenvalue weighted by atomic mass is 10.1.